The van der Waals surface area contributed by atoms with E-state index in [-0.39, 0.29) is 24.3 Å². The van der Waals surface area contributed by atoms with Crippen molar-refractivity contribution in [3.05, 3.63) is 101 Å². The average Bonchev–Trinajstić information content (AvgIpc) is 2.89. The number of hydrogen-bond acceptors (Lipinski definition) is 4. The normalized spacial score (nSPS) is 14.7. The summed E-state index contributed by atoms with van der Waals surface area (Å²) in [6, 6.07) is 24.4. The maximum absolute atomic E-state index is 13.5. The highest BCUT2D eigenvalue weighted by Gasteiger charge is 2.30. The first-order chi connectivity index (χ1) is 17.0. The van der Waals surface area contributed by atoms with Gasteiger partial charge in [0.2, 0.25) is 11.8 Å². The number of halogens is 1. The number of rotatable bonds is 7. The summed E-state index contributed by atoms with van der Waals surface area (Å²) in [6.45, 7) is 2.23. The molecule has 0 aliphatic carbocycles. The Kier molecular flexibility index (Phi) is 8.13. The van der Waals surface area contributed by atoms with Gasteiger partial charge in [-0.2, -0.15) is 0 Å². The Bertz CT molecular complexity index is 1170. The van der Waals surface area contributed by atoms with Crippen LogP contribution in [0.25, 0.3) is 0 Å². The summed E-state index contributed by atoms with van der Waals surface area (Å²) < 4.78 is 0. The molecule has 35 heavy (non-hydrogen) atoms. The lowest BCUT2D eigenvalue weighted by molar-refractivity contribution is -0.135. The van der Waals surface area contributed by atoms with Crippen molar-refractivity contribution in [3.63, 3.8) is 0 Å². The van der Waals surface area contributed by atoms with E-state index in [1.807, 2.05) is 47.4 Å². The molecule has 3 aromatic carbocycles. The molecule has 8 heteroatoms. The van der Waals surface area contributed by atoms with Gasteiger partial charge in [-0.25, -0.2) is 0 Å². The summed E-state index contributed by atoms with van der Waals surface area (Å²) in [5.41, 5.74) is 1.80. The largest absolute Gasteiger partial charge is 0.338 e. The topological polar surface area (TPSA) is 81.8 Å². The summed E-state index contributed by atoms with van der Waals surface area (Å²) in [7, 11) is 0. The van der Waals surface area contributed by atoms with Crippen molar-refractivity contribution in [3.8, 4) is 0 Å². The molecule has 3 amide bonds. The number of carbonyl (C=O) groups excluding carboxylic acids is 3. The van der Waals surface area contributed by atoms with Gasteiger partial charge in [-0.15, -0.1) is 0 Å². The SMILES string of the molecule is O=C(CN1CCN(C(=O)C(NC(=O)c2ccccc2)c2ccccc2)CC1)Nc1ccccc1Cl. The van der Waals surface area contributed by atoms with Crippen molar-refractivity contribution in [2.75, 3.05) is 38.0 Å². The van der Waals surface area contributed by atoms with Crippen LogP contribution in [0.1, 0.15) is 22.0 Å². The number of nitrogens with one attached hydrogen (secondary N) is 2. The summed E-state index contributed by atoms with van der Waals surface area (Å²) in [5, 5.41) is 6.22. The first-order valence-electron chi connectivity index (χ1n) is 11.5. The first kappa shape index (κ1) is 24.4. The van der Waals surface area contributed by atoms with E-state index in [0.29, 0.717) is 42.5 Å². The second-order valence-electron chi connectivity index (χ2n) is 8.31. The molecule has 0 spiro atoms. The smallest absolute Gasteiger partial charge is 0.252 e. The third-order valence-corrected chi connectivity index (χ3v) is 6.22. The van der Waals surface area contributed by atoms with Crippen molar-refractivity contribution in [1.29, 1.82) is 0 Å². The van der Waals surface area contributed by atoms with Crippen molar-refractivity contribution in [2.45, 2.75) is 6.04 Å². The lowest BCUT2D eigenvalue weighted by Crippen LogP contribution is -2.53. The Labute approximate surface area is 209 Å². The molecule has 180 valence electrons. The zero-order valence-corrected chi connectivity index (χ0v) is 19.9. The van der Waals surface area contributed by atoms with E-state index in [2.05, 4.69) is 10.6 Å². The minimum absolute atomic E-state index is 0.157. The number of para-hydroxylation sites is 1. The van der Waals surface area contributed by atoms with Crippen molar-refractivity contribution in [2.24, 2.45) is 0 Å². The van der Waals surface area contributed by atoms with Crippen molar-refractivity contribution in [1.82, 2.24) is 15.1 Å². The summed E-state index contributed by atoms with van der Waals surface area (Å²) in [5.74, 6) is -0.626. The fourth-order valence-electron chi connectivity index (χ4n) is 4.00. The fraction of sp³-hybridized carbons (Fsp3) is 0.222. The minimum Gasteiger partial charge on any atom is -0.338 e. The quantitative estimate of drug-likeness (QED) is 0.530. The van der Waals surface area contributed by atoms with Gasteiger partial charge in [0.15, 0.2) is 0 Å². The third-order valence-electron chi connectivity index (χ3n) is 5.89. The summed E-state index contributed by atoms with van der Waals surface area (Å²) >= 11 is 6.12. The molecule has 0 bridgehead atoms. The molecule has 0 saturated carbocycles. The van der Waals surface area contributed by atoms with E-state index >= 15 is 0 Å². The maximum Gasteiger partial charge on any atom is 0.252 e. The van der Waals surface area contributed by atoms with E-state index < -0.39 is 6.04 Å². The van der Waals surface area contributed by atoms with Crippen LogP contribution in [0.3, 0.4) is 0 Å². The molecule has 1 aliphatic rings. The van der Waals surface area contributed by atoms with Crippen LogP contribution >= 0.6 is 11.6 Å². The van der Waals surface area contributed by atoms with E-state index in [9.17, 15) is 14.4 Å². The van der Waals surface area contributed by atoms with Gasteiger partial charge in [0.25, 0.3) is 5.91 Å². The van der Waals surface area contributed by atoms with Gasteiger partial charge in [-0.1, -0.05) is 72.3 Å². The third kappa shape index (κ3) is 6.47. The van der Waals surface area contributed by atoms with Crippen molar-refractivity contribution >= 4 is 35.0 Å². The maximum atomic E-state index is 13.5. The van der Waals surface area contributed by atoms with Gasteiger partial charge in [0.1, 0.15) is 6.04 Å². The molecule has 1 atom stereocenters. The minimum atomic E-state index is -0.793. The number of amides is 3. The Morgan fingerprint density at radius 2 is 1.40 bits per heavy atom. The van der Waals surface area contributed by atoms with E-state index in [1.54, 1.807) is 47.4 Å². The highest BCUT2D eigenvalue weighted by molar-refractivity contribution is 6.33. The number of hydrogen-bond donors (Lipinski definition) is 2. The number of nitrogens with zero attached hydrogens (tertiary/aromatic N) is 2. The standard InChI is InChI=1S/C27H27ClN4O3/c28-22-13-7-8-14-23(22)29-24(33)19-31-15-17-32(18-16-31)27(35)25(20-9-3-1-4-10-20)30-26(34)21-11-5-2-6-12-21/h1-14,25H,15-19H2,(H,29,33)(H,30,34). The summed E-state index contributed by atoms with van der Waals surface area (Å²) in [4.78, 5) is 42.5. The van der Waals surface area contributed by atoms with E-state index in [0.717, 1.165) is 5.56 Å². The van der Waals surface area contributed by atoms with Gasteiger partial charge in [0.05, 0.1) is 17.3 Å². The zero-order valence-electron chi connectivity index (χ0n) is 19.2. The highest BCUT2D eigenvalue weighted by atomic mass is 35.5. The first-order valence-corrected chi connectivity index (χ1v) is 11.9. The number of benzene rings is 3. The Hall–Kier alpha value is -3.68. The zero-order chi connectivity index (χ0) is 24.6. The second kappa shape index (κ2) is 11.6. The molecule has 7 nitrogen and oxygen atoms in total. The molecule has 1 unspecified atom stereocenters. The number of anilines is 1. The lowest BCUT2D eigenvalue weighted by Gasteiger charge is -2.36. The second-order valence-corrected chi connectivity index (χ2v) is 8.72. The van der Waals surface area contributed by atoms with Crippen molar-refractivity contribution < 1.29 is 14.4 Å². The van der Waals surface area contributed by atoms with E-state index in [1.165, 1.54) is 0 Å². The Balaban J connectivity index is 1.37. The molecule has 1 saturated heterocycles. The van der Waals surface area contributed by atoms with Crippen LogP contribution in [0.4, 0.5) is 5.69 Å². The molecule has 1 heterocycles. The molecule has 4 rings (SSSR count). The highest BCUT2D eigenvalue weighted by Crippen LogP contribution is 2.21. The van der Waals surface area contributed by atoms with Gasteiger partial charge >= 0.3 is 0 Å². The molecule has 2 N–H and O–H groups in total. The van der Waals surface area contributed by atoms with Crippen LogP contribution in [0.15, 0.2) is 84.9 Å². The van der Waals surface area contributed by atoms with Crippen LogP contribution in [0.5, 0.6) is 0 Å². The molecule has 0 radical (unpaired) electrons. The van der Waals surface area contributed by atoms with Gasteiger partial charge in [-0.05, 0) is 29.8 Å². The molecule has 3 aromatic rings. The number of carbonyl (C=O) groups is 3. The number of piperazine rings is 1. The average molecular weight is 491 g/mol. The predicted octanol–water partition coefficient (Wildman–Crippen LogP) is 3.59. The Morgan fingerprint density at radius 3 is 2.06 bits per heavy atom. The van der Waals surface area contributed by atoms with Crippen LogP contribution in [0.2, 0.25) is 5.02 Å². The molecule has 0 aromatic heterocycles. The summed E-state index contributed by atoms with van der Waals surface area (Å²) in [6.07, 6.45) is 0. The Morgan fingerprint density at radius 1 is 0.800 bits per heavy atom. The molecular weight excluding hydrogens is 464 g/mol. The monoisotopic (exact) mass is 490 g/mol. The molecule has 1 aliphatic heterocycles. The lowest BCUT2D eigenvalue weighted by atomic mass is 10.0. The van der Waals surface area contributed by atoms with Crippen LogP contribution in [-0.4, -0.2) is 60.2 Å². The van der Waals surface area contributed by atoms with Crippen LogP contribution < -0.4 is 10.6 Å². The van der Waals surface area contributed by atoms with Gasteiger partial charge in [0, 0.05) is 31.7 Å². The van der Waals surface area contributed by atoms with Crippen LogP contribution in [0, 0.1) is 0 Å². The van der Waals surface area contributed by atoms with Gasteiger partial charge in [-0.3, -0.25) is 19.3 Å². The van der Waals surface area contributed by atoms with Crippen LogP contribution in [-0.2, 0) is 9.59 Å². The molecule has 1 fully saturated rings. The molecular formula is C27H27ClN4O3. The van der Waals surface area contributed by atoms with E-state index in [4.69, 9.17) is 11.6 Å². The van der Waals surface area contributed by atoms with Gasteiger partial charge < -0.3 is 15.5 Å². The predicted molar refractivity (Wildman–Crippen MR) is 136 cm³/mol. The fourth-order valence-corrected chi connectivity index (χ4v) is 4.18.